The van der Waals surface area contributed by atoms with Crippen LogP contribution < -0.4 is 4.90 Å². The molecule has 3 saturated carbocycles. The molecule has 0 spiro atoms. The van der Waals surface area contributed by atoms with Gasteiger partial charge in [-0.2, -0.15) is 0 Å². The summed E-state index contributed by atoms with van der Waals surface area (Å²) in [4.78, 5) is 31.2. The molecule has 184 valence electrons. The number of aryl methyl sites for hydroxylation is 1. The van der Waals surface area contributed by atoms with Crippen LogP contribution in [0.5, 0.6) is 0 Å². The highest BCUT2D eigenvalue weighted by atomic mass is 16.5. The van der Waals surface area contributed by atoms with Crippen LogP contribution in [0.3, 0.4) is 0 Å². The van der Waals surface area contributed by atoms with Gasteiger partial charge < -0.3 is 19.7 Å². The third kappa shape index (κ3) is 4.18. The van der Waals surface area contributed by atoms with Crippen molar-refractivity contribution in [3.63, 3.8) is 0 Å². The predicted octanol–water partition coefficient (Wildman–Crippen LogP) is 4.74. The van der Waals surface area contributed by atoms with E-state index < -0.39 is 11.4 Å². The van der Waals surface area contributed by atoms with Crippen LogP contribution in [0.1, 0.15) is 57.1 Å². The molecular weight excluding hydrogens is 442 g/mol. The maximum Gasteiger partial charge on any atom is 0.309 e. The number of rotatable bonds is 6. The van der Waals surface area contributed by atoms with Gasteiger partial charge in [0, 0.05) is 30.5 Å². The van der Waals surface area contributed by atoms with E-state index in [9.17, 15) is 9.90 Å². The average Bonchev–Trinajstić information content (AvgIpc) is 3.32. The lowest BCUT2D eigenvalue weighted by Gasteiger charge is -2.51. The summed E-state index contributed by atoms with van der Waals surface area (Å²) in [6.45, 7) is 4.62. The van der Waals surface area contributed by atoms with Gasteiger partial charge in [0.25, 0.3) is 0 Å². The van der Waals surface area contributed by atoms with Crippen molar-refractivity contribution < 1.29 is 14.6 Å². The number of aromatic amines is 1. The van der Waals surface area contributed by atoms with Crippen LogP contribution in [0.2, 0.25) is 0 Å². The monoisotopic (exact) mass is 475 g/mol. The molecule has 2 N–H and O–H groups in total. The zero-order chi connectivity index (χ0) is 24.0. The van der Waals surface area contributed by atoms with Gasteiger partial charge in [-0.25, -0.2) is 15.0 Å². The predicted molar refractivity (Wildman–Crippen MR) is 133 cm³/mol. The highest BCUT2D eigenvalue weighted by Crippen LogP contribution is 2.57. The van der Waals surface area contributed by atoms with E-state index in [-0.39, 0.29) is 11.5 Å². The summed E-state index contributed by atoms with van der Waals surface area (Å²) in [5.74, 6) is 1.18. The molecule has 2 bridgehead atoms. The molecule has 4 fully saturated rings. The van der Waals surface area contributed by atoms with Gasteiger partial charge >= 0.3 is 5.97 Å². The number of aliphatic carboxylic acids is 1. The number of piperidine rings is 1. The van der Waals surface area contributed by atoms with Crippen LogP contribution in [0.25, 0.3) is 22.6 Å². The molecule has 0 unspecified atom stereocenters. The van der Waals surface area contributed by atoms with Gasteiger partial charge in [-0.15, -0.1) is 0 Å². The number of carbonyl (C=O) groups is 1. The highest BCUT2D eigenvalue weighted by molar-refractivity contribution is 5.76. The molecule has 7 rings (SSSR count). The van der Waals surface area contributed by atoms with Gasteiger partial charge in [-0.1, -0.05) is 0 Å². The fourth-order valence-corrected chi connectivity index (χ4v) is 6.19. The quantitative estimate of drug-likeness (QED) is 0.531. The van der Waals surface area contributed by atoms with Gasteiger partial charge in [0.05, 0.1) is 18.1 Å². The number of pyridine rings is 2. The van der Waals surface area contributed by atoms with E-state index in [1.807, 2.05) is 25.3 Å². The van der Waals surface area contributed by atoms with Crippen molar-refractivity contribution in [2.75, 3.05) is 24.6 Å². The number of anilines is 1. The van der Waals surface area contributed by atoms with Gasteiger partial charge in [-0.05, 0) is 88.0 Å². The van der Waals surface area contributed by atoms with Gasteiger partial charge in [0.15, 0.2) is 5.65 Å². The lowest BCUT2D eigenvalue weighted by molar-refractivity contribution is -0.162. The lowest BCUT2D eigenvalue weighted by Crippen LogP contribution is -2.48. The van der Waals surface area contributed by atoms with Crippen molar-refractivity contribution in [2.24, 2.45) is 10.8 Å². The lowest BCUT2D eigenvalue weighted by atomic mass is 9.54. The third-order valence-electron chi connectivity index (χ3n) is 8.75. The Balaban J connectivity index is 1.02. The number of ether oxygens (including phenoxy) is 1. The van der Waals surface area contributed by atoms with Crippen LogP contribution >= 0.6 is 0 Å². The Labute approximate surface area is 205 Å². The number of carboxylic acids is 1. The number of H-pyrrole nitrogens is 1. The summed E-state index contributed by atoms with van der Waals surface area (Å²) < 4.78 is 6.42. The molecule has 8 nitrogen and oxygen atoms in total. The first-order chi connectivity index (χ1) is 16.9. The van der Waals surface area contributed by atoms with Crippen molar-refractivity contribution in [1.82, 2.24) is 19.9 Å². The van der Waals surface area contributed by atoms with Crippen LogP contribution in [-0.4, -0.2) is 56.8 Å². The largest absolute Gasteiger partial charge is 0.481 e. The van der Waals surface area contributed by atoms with E-state index in [0.29, 0.717) is 0 Å². The molecule has 0 atom stereocenters. The summed E-state index contributed by atoms with van der Waals surface area (Å²) in [7, 11) is 0. The Morgan fingerprint density at radius 1 is 1.09 bits per heavy atom. The third-order valence-corrected chi connectivity index (χ3v) is 8.75. The van der Waals surface area contributed by atoms with E-state index in [1.54, 1.807) is 0 Å². The van der Waals surface area contributed by atoms with E-state index in [4.69, 9.17) is 9.72 Å². The molecule has 1 aliphatic heterocycles. The first-order valence-electron chi connectivity index (χ1n) is 12.8. The van der Waals surface area contributed by atoms with E-state index in [0.717, 1.165) is 105 Å². The van der Waals surface area contributed by atoms with Crippen molar-refractivity contribution in [2.45, 2.75) is 64.4 Å². The van der Waals surface area contributed by atoms with Crippen molar-refractivity contribution in [3.8, 4) is 11.4 Å². The molecule has 0 radical (unpaired) electrons. The van der Waals surface area contributed by atoms with E-state index in [2.05, 4.69) is 32.0 Å². The number of fused-ring (bicyclic) bond motifs is 4. The smallest absolute Gasteiger partial charge is 0.309 e. The number of nitrogens with zero attached hydrogens (tertiary/aromatic N) is 4. The second-order valence-corrected chi connectivity index (χ2v) is 10.9. The summed E-state index contributed by atoms with van der Waals surface area (Å²) in [5.41, 5.74) is 3.33. The fraction of sp³-hybridized carbons (Fsp3) is 0.556. The van der Waals surface area contributed by atoms with Crippen molar-refractivity contribution >= 4 is 23.0 Å². The van der Waals surface area contributed by atoms with Gasteiger partial charge in [0.2, 0.25) is 0 Å². The van der Waals surface area contributed by atoms with Crippen LogP contribution in [0, 0.1) is 17.8 Å². The molecule has 1 saturated heterocycles. The normalized spacial score (nSPS) is 26.9. The Morgan fingerprint density at radius 2 is 1.83 bits per heavy atom. The highest BCUT2D eigenvalue weighted by Gasteiger charge is 2.52. The molecule has 3 aromatic rings. The van der Waals surface area contributed by atoms with Crippen LogP contribution in [0.15, 0.2) is 30.5 Å². The maximum absolute atomic E-state index is 11.7. The van der Waals surface area contributed by atoms with E-state index in [1.165, 1.54) is 0 Å². The van der Waals surface area contributed by atoms with Crippen molar-refractivity contribution in [3.05, 3.63) is 36.2 Å². The second kappa shape index (κ2) is 8.59. The first kappa shape index (κ1) is 22.5. The maximum atomic E-state index is 11.7. The zero-order valence-electron chi connectivity index (χ0n) is 20.3. The number of aromatic nitrogens is 4. The Bertz CT molecular complexity index is 1200. The molecule has 3 aliphatic carbocycles. The van der Waals surface area contributed by atoms with Crippen LogP contribution in [0.4, 0.5) is 5.82 Å². The Hall–Kier alpha value is -3.00. The number of carboxylic acid groups (broad SMARTS) is 1. The van der Waals surface area contributed by atoms with Crippen molar-refractivity contribution in [1.29, 1.82) is 0 Å². The summed E-state index contributed by atoms with van der Waals surface area (Å²) >= 11 is 0. The molecule has 8 heteroatoms. The Kier molecular flexibility index (Phi) is 5.51. The molecule has 4 aliphatic rings. The second-order valence-electron chi connectivity index (χ2n) is 10.9. The summed E-state index contributed by atoms with van der Waals surface area (Å²) in [5, 5.41) is 9.61. The molecular formula is C27H33N5O3. The van der Waals surface area contributed by atoms with Crippen LogP contribution in [-0.2, 0) is 9.53 Å². The zero-order valence-corrected chi connectivity index (χ0v) is 20.3. The topological polar surface area (TPSA) is 104 Å². The first-order valence-corrected chi connectivity index (χ1v) is 12.8. The molecule has 0 aromatic carbocycles. The number of nitrogens with one attached hydrogen (secondary N) is 1. The molecule has 3 aromatic heterocycles. The minimum atomic E-state index is -0.592. The molecule has 0 amide bonds. The minimum absolute atomic E-state index is 0.205. The summed E-state index contributed by atoms with van der Waals surface area (Å²) in [6.07, 6.45) is 9.58. The fourth-order valence-electron chi connectivity index (χ4n) is 6.19. The SMILES string of the molecule is Cc1ccc2nc(-c3ccc(N4CCC(OCC56CCC(C(=O)O)(CC5)CC6)CC4)nc3)[nH]c2n1. The molecule has 35 heavy (non-hydrogen) atoms. The van der Waals surface area contributed by atoms with Gasteiger partial charge in [-0.3, -0.25) is 4.79 Å². The number of imidazole rings is 1. The Morgan fingerprint density at radius 3 is 2.49 bits per heavy atom. The average molecular weight is 476 g/mol. The van der Waals surface area contributed by atoms with Gasteiger partial charge in [0.1, 0.15) is 17.2 Å². The molecule has 4 heterocycles. The van der Waals surface area contributed by atoms with E-state index >= 15 is 0 Å². The standard InChI is InChI=1S/C27H33N5O3/c1-18-2-4-21-24(29-18)31-23(30-21)19-3-5-22(28-16-19)32-14-6-20(7-15-32)35-17-26-8-11-27(12-9-26,13-10-26)25(33)34/h2-5,16,20H,6-15,17H2,1H3,(H,33,34)(H,29,30,31). The number of hydrogen-bond donors (Lipinski definition) is 2. The minimum Gasteiger partial charge on any atom is -0.481 e. The summed E-state index contributed by atoms with van der Waals surface area (Å²) in [6, 6.07) is 8.09. The number of hydrogen-bond acceptors (Lipinski definition) is 6.